The summed E-state index contributed by atoms with van der Waals surface area (Å²) in [7, 11) is 0. The molecule has 1 rings (SSSR count). The van der Waals surface area contributed by atoms with E-state index in [1.54, 1.807) is 13.8 Å². The van der Waals surface area contributed by atoms with Crippen LogP contribution in [0.2, 0.25) is 0 Å². The van der Waals surface area contributed by atoms with Gasteiger partial charge in [0.25, 0.3) is 0 Å². The van der Waals surface area contributed by atoms with Gasteiger partial charge in [-0.2, -0.15) is 0 Å². The topological polar surface area (TPSA) is 47.3 Å². The lowest BCUT2D eigenvalue weighted by atomic mass is 9.85. The molecule has 0 amide bonds. The van der Waals surface area contributed by atoms with E-state index in [0.29, 0.717) is 16.9 Å². The van der Waals surface area contributed by atoms with E-state index in [-0.39, 0.29) is 5.78 Å². The number of ketones is 1. The van der Waals surface area contributed by atoms with Crippen molar-refractivity contribution in [3.8, 4) is 0 Å². The molecule has 0 saturated heterocycles. The number of Topliss-reactive ketones (excluding diaryl/α,β-unsaturated/α-hetero) is 1. The second kappa shape index (κ2) is 3.65. The van der Waals surface area contributed by atoms with Gasteiger partial charge in [0.05, 0.1) is 5.56 Å². The van der Waals surface area contributed by atoms with E-state index in [1.807, 2.05) is 20.8 Å². The summed E-state index contributed by atoms with van der Waals surface area (Å²) >= 11 is 0. The average molecular weight is 208 g/mol. The summed E-state index contributed by atoms with van der Waals surface area (Å²) in [5.74, 6) is 0.404. The van der Waals surface area contributed by atoms with Gasteiger partial charge in [-0.1, -0.05) is 20.8 Å². The van der Waals surface area contributed by atoms with Crippen molar-refractivity contribution in [3.63, 3.8) is 0 Å². The van der Waals surface area contributed by atoms with Gasteiger partial charge >= 0.3 is 5.63 Å². The molecule has 0 saturated carbocycles. The third-order valence-corrected chi connectivity index (χ3v) is 2.24. The fourth-order valence-corrected chi connectivity index (χ4v) is 1.47. The Morgan fingerprint density at radius 2 is 1.80 bits per heavy atom. The van der Waals surface area contributed by atoms with Crippen LogP contribution in [-0.2, 0) is 0 Å². The first-order valence-electron chi connectivity index (χ1n) is 4.89. The maximum atomic E-state index is 12.1. The van der Waals surface area contributed by atoms with Gasteiger partial charge in [-0.3, -0.25) is 4.79 Å². The molecule has 0 unspecified atom stereocenters. The highest BCUT2D eigenvalue weighted by molar-refractivity contribution is 6.01. The molecular weight excluding hydrogens is 192 g/mol. The SMILES string of the molecule is Cc1cc(=O)oc(C)c1C(=O)C(C)(C)C. The number of hydrogen-bond acceptors (Lipinski definition) is 3. The van der Waals surface area contributed by atoms with Crippen LogP contribution in [0.25, 0.3) is 0 Å². The maximum Gasteiger partial charge on any atom is 0.336 e. The van der Waals surface area contributed by atoms with E-state index in [2.05, 4.69) is 0 Å². The van der Waals surface area contributed by atoms with Gasteiger partial charge in [0.15, 0.2) is 5.78 Å². The van der Waals surface area contributed by atoms with Crippen LogP contribution in [-0.4, -0.2) is 5.78 Å². The zero-order valence-electron chi connectivity index (χ0n) is 9.80. The summed E-state index contributed by atoms with van der Waals surface area (Å²) in [6, 6.07) is 1.35. The highest BCUT2D eigenvalue weighted by atomic mass is 16.4. The fraction of sp³-hybridized carbons (Fsp3) is 0.500. The molecule has 3 nitrogen and oxygen atoms in total. The van der Waals surface area contributed by atoms with E-state index in [4.69, 9.17) is 4.42 Å². The number of aryl methyl sites for hydroxylation is 2. The molecular formula is C12H16O3. The molecule has 3 heteroatoms. The Balaban J connectivity index is 3.39. The van der Waals surface area contributed by atoms with Crippen molar-refractivity contribution in [1.82, 2.24) is 0 Å². The number of carbonyl (C=O) groups is 1. The Labute approximate surface area is 89.1 Å². The Bertz CT molecular complexity index is 421. The normalized spacial score (nSPS) is 11.5. The molecule has 0 atom stereocenters. The van der Waals surface area contributed by atoms with Crippen LogP contribution in [0.3, 0.4) is 0 Å². The van der Waals surface area contributed by atoms with Gasteiger partial charge in [-0.05, 0) is 19.4 Å². The molecule has 15 heavy (non-hydrogen) atoms. The summed E-state index contributed by atoms with van der Waals surface area (Å²) in [5, 5.41) is 0. The van der Waals surface area contributed by atoms with Crippen molar-refractivity contribution in [2.45, 2.75) is 34.6 Å². The lowest BCUT2D eigenvalue weighted by Gasteiger charge is -2.18. The van der Waals surface area contributed by atoms with E-state index in [1.165, 1.54) is 6.07 Å². The largest absolute Gasteiger partial charge is 0.427 e. The number of hydrogen-bond donors (Lipinski definition) is 0. The highest BCUT2D eigenvalue weighted by Gasteiger charge is 2.26. The Morgan fingerprint density at radius 3 is 2.20 bits per heavy atom. The van der Waals surface area contributed by atoms with Crippen molar-refractivity contribution < 1.29 is 9.21 Å². The van der Waals surface area contributed by atoms with Gasteiger partial charge in [-0.15, -0.1) is 0 Å². The van der Waals surface area contributed by atoms with E-state index in [0.717, 1.165) is 0 Å². The second-order valence-corrected chi connectivity index (χ2v) is 4.76. The summed E-state index contributed by atoms with van der Waals surface area (Å²) in [6.07, 6.45) is 0. The first kappa shape index (κ1) is 11.7. The molecule has 1 aromatic heterocycles. The van der Waals surface area contributed by atoms with E-state index < -0.39 is 11.0 Å². The molecule has 0 aromatic carbocycles. The monoisotopic (exact) mass is 208 g/mol. The summed E-state index contributed by atoms with van der Waals surface area (Å²) in [5.41, 5.74) is 0.344. The highest BCUT2D eigenvalue weighted by Crippen LogP contribution is 2.24. The molecule has 0 radical (unpaired) electrons. The van der Waals surface area contributed by atoms with Crippen LogP contribution in [0, 0.1) is 19.3 Å². The van der Waals surface area contributed by atoms with Crippen molar-refractivity contribution >= 4 is 5.78 Å². The maximum absolute atomic E-state index is 12.1. The third kappa shape index (κ3) is 2.35. The van der Waals surface area contributed by atoms with Crippen LogP contribution >= 0.6 is 0 Å². The summed E-state index contributed by atoms with van der Waals surface area (Å²) in [4.78, 5) is 23.1. The van der Waals surface area contributed by atoms with Crippen LogP contribution in [0.5, 0.6) is 0 Å². The summed E-state index contributed by atoms with van der Waals surface area (Å²) in [6.45, 7) is 8.94. The standard InChI is InChI=1S/C12H16O3/c1-7-6-9(13)15-8(2)10(7)11(14)12(3,4)5/h6H,1-5H3. The lowest BCUT2D eigenvalue weighted by Crippen LogP contribution is -2.23. The van der Waals surface area contributed by atoms with E-state index >= 15 is 0 Å². The molecule has 0 spiro atoms. The molecule has 0 N–H and O–H groups in total. The molecule has 0 aliphatic rings. The van der Waals surface area contributed by atoms with Gasteiger partial charge < -0.3 is 4.42 Å². The molecule has 1 aromatic rings. The summed E-state index contributed by atoms with van der Waals surface area (Å²) < 4.78 is 4.93. The minimum Gasteiger partial charge on any atom is -0.427 e. The predicted molar refractivity (Wildman–Crippen MR) is 58.2 cm³/mol. The zero-order valence-corrected chi connectivity index (χ0v) is 9.80. The minimum absolute atomic E-state index is 0.00116. The minimum atomic E-state index is -0.463. The lowest BCUT2D eigenvalue weighted by molar-refractivity contribution is 0.0853. The first-order valence-corrected chi connectivity index (χ1v) is 4.89. The molecule has 0 bridgehead atoms. The van der Waals surface area contributed by atoms with Gasteiger partial charge in [0.1, 0.15) is 5.76 Å². The number of carbonyl (C=O) groups excluding carboxylic acids is 1. The van der Waals surface area contributed by atoms with Crippen molar-refractivity contribution in [2.75, 3.05) is 0 Å². The van der Waals surface area contributed by atoms with Gasteiger partial charge in [0, 0.05) is 11.5 Å². The average Bonchev–Trinajstić information content (AvgIpc) is 1.99. The zero-order chi connectivity index (χ0) is 11.8. The van der Waals surface area contributed by atoms with Crippen molar-refractivity contribution in [1.29, 1.82) is 0 Å². The number of rotatable bonds is 1. The van der Waals surface area contributed by atoms with Crippen LogP contribution < -0.4 is 5.63 Å². The van der Waals surface area contributed by atoms with E-state index in [9.17, 15) is 9.59 Å². The molecule has 0 aliphatic carbocycles. The fourth-order valence-electron chi connectivity index (χ4n) is 1.47. The third-order valence-electron chi connectivity index (χ3n) is 2.24. The van der Waals surface area contributed by atoms with Crippen LogP contribution in [0.1, 0.15) is 42.5 Å². The molecule has 1 heterocycles. The molecule has 82 valence electrons. The first-order chi connectivity index (χ1) is 6.73. The van der Waals surface area contributed by atoms with Crippen molar-refractivity contribution in [3.05, 3.63) is 33.4 Å². The molecule has 0 aliphatic heterocycles. The predicted octanol–water partition coefficient (Wildman–Crippen LogP) is 2.49. The van der Waals surface area contributed by atoms with Crippen LogP contribution in [0.4, 0.5) is 0 Å². The second-order valence-electron chi connectivity index (χ2n) is 4.76. The quantitative estimate of drug-likeness (QED) is 0.666. The Kier molecular flexibility index (Phi) is 2.84. The smallest absolute Gasteiger partial charge is 0.336 e. The Hall–Kier alpha value is -1.38. The molecule has 0 fully saturated rings. The Morgan fingerprint density at radius 1 is 1.27 bits per heavy atom. The van der Waals surface area contributed by atoms with Crippen molar-refractivity contribution in [2.24, 2.45) is 5.41 Å². The van der Waals surface area contributed by atoms with Gasteiger partial charge in [-0.25, -0.2) is 4.79 Å². The van der Waals surface area contributed by atoms with Gasteiger partial charge in [0.2, 0.25) is 0 Å². The van der Waals surface area contributed by atoms with Crippen LogP contribution in [0.15, 0.2) is 15.3 Å².